The maximum Gasteiger partial charge on any atom is 0.256 e. The number of ether oxygens (including phenoxy) is 2. The van der Waals surface area contributed by atoms with Gasteiger partial charge >= 0.3 is 0 Å². The molecule has 1 aliphatic heterocycles. The Kier molecular flexibility index (Phi) is 3.66. The lowest BCUT2D eigenvalue weighted by Crippen LogP contribution is -2.18. The smallest absolute Gasteiger partial charge is 0.256 e. The molecular formula is C14H17N3O3. The van der Waals surface area contributed by atoms with Crippen LogP contribution in [0.2, 0.25) is 0 Å². The molecule has 1 aromatic carbocycles. The quantitative estimate of drug-likeness (QED) is 0.917. The van der Waals surface area contributed by atoms with E-state index in [9.17, 15) is 0 Å². The van der Waals surface area contributed by atoms with Crippen molar-refractivity contribution in [3.8, 4) is 17.1 Å². The number of hydrogen-bond acceptors (Lipinski definition) is 6. The number of methoxy groups -OCH3 is 1. The summed E-state index contributed by atoms with van der Waals surface area (Å²) in [4.78, 5) is 4.40. The van der Waals surface area contributed by atoms with Crippen molar-refractivity contribution in [1.82, 2.24) is 10.1 Å². The molecule has 0 aliphatic carbocycles. The molecule has 20 heavy (non-hydrogen) atoms. The zero-order chi connectivity index (χ0) is 13.9. The van der Waals surface area contributed by atoms with Crippen LogP contribution >= 0.6 is 0 Å². The molecule has 2 heterocycles. The number of hydrogen-bond donors (Lipinski definition) is 1. The van der Waals surface area contributed by atoms with E-state index in [2.05, 4.69) is 10.1 Å². The first-order valence-electron chi connectivity index (χ1n) is 6.63. The Morgan fingerprint density at radius 3 is 2.75 bits per heavy atom. The highest BCUT2D eigenvalue weighted by atomic mass is 16.5. The molecule has 0 amide bonds. The average molecular weight is 275 g/mol. The highest BCUT2D eigenvalue weighted by Crippen LogP contribution is 2.32. The molecule has 0 bridgehead atoms. The van der Waals surface area contributed by atoms with Crippen molar-refractivity contribution in [2.24, 2.45) is 5.73 Å². The minimum absolute atomic E-state index is 0.0938. The van der Waals surface area contributed by atoms with Crippen LogP contribution in [0.3, 0.4) is 0 Å². The van der Waals surface area contributed by atoms with Crippen molar-refractivity contribution in [2.45, 2.75) is 25.0 Å². The van der Waals surface area contributed by atoms with Gasteiger partial charge in [-0.1, -0.05) is 5.16 Å². The first kappa shape index (κ1) is 13.1. The van der Waals surface area contributed by atoms with Gasteiger partial charge in [0.1, 0.15) is 11.9 Å². The molecule has 2 N–H and O–H groups in total. The molecule has 6 nitrogen and oxygen atoms in total. The maximum absolute atomic E-state index is 5.74. The van der Waals surface area contributed by atoms with E-state index < -0.39 is 0 Å². The van der Waals surface area contributed by atoms with Gasteiger partial charge in [0.2, 0.25) is 5.82 Å². The molecule has 1 saturated heterocycles. The summed E-state index contributed by atoms with van der Waals surface area (Å²) in [5.41, 5.74) is 6.48. The Hall–Kier alpha value is -1.92. The first-order chi connectivity index (χ1) is 9.80. The molecule has 1 fully saturated rings. The Morgan fingerprint density at radius 1 is 1.30 bits per heavy atom. The van der Waals surface area contributed by atoms with Crippen molar-refractivity contribution in [2.75, 3.05) is 13.7 Å². The van der Waals surface area contributed by atoms with Crippen LogP contribution < -0.4 is 10.5 Å². The minimum atomic E-state index is -0.136. The number of nitrogens with zero attached hydrogens (tertiary/aromatic N) is 2. The van der Waals surface area contributed by atoms with Gasteiger partial charge in [0.05, 0.1) is 13.2 Å². The van der Waals surface area contributed by atoms with Crippen LogP contribution in [0.15, 0.2) is 28.8 Å². The molecule has 2 unspecified atom stereocenters. The number of aromatic nitrogens is 2. The summed E-state index contributed by atoms with van der Waals surface area (Å²) in [5, 5.41) is 4.00. The van der Waals surface area contributed by atoms with E-state index in [0.717, 1.165) is 24.2 Å². The summed E-state index contributed by atoms with van der Waals surface area (Å²) in [5.74, 6) is 1.87. The van der Waals surface area contributed by atoms with Crippen LogP contribution in [0.5, 0.6) is 5.75 Å². The van der Waals surface area contributed by atoms with Crippen LogP contribution in [-0.2, 0) is 4.74 Å². The van der Waals surface area contributed by atoms with Gasteiger partial charge < -0.3 is 19.7 Å². The van der Waals surface area contributed by atoms with Crippen LogP contribution in [0.25, 0.3) is 11.4 Å². The van der Waals surface area contributed by atoms with E-state index in [0.29, 0.717) is 18.3 Å². The van der Waals surface area contributed by atoms with E-state index in [1.165, 1.54) is 0 Å². The fourth-order valence-electron chi connectivity index (χ4n) is 2.28. The third-order valence-electron chi connectivity index (χ3n) is 3.44. The lowest BCUT2D eigenvalue weighted by atomic mass is 10.2. The molecule has 106 valence electrons. The lowest BCUT2D eigenvalue weighted by molar-refractivity contribution is 0.0307. The van der Waals surface area contributed by atoms with Gasteiger partial charge in [-0.25, -0.2) is 0 Å². The first-order valence-corrected chi connectivity index (χ1v) is 6.63. The predicted molar refractivity (Wildman–Crippen MR) is 72.2 cm³/mol. The van der Waals surface area contributed by atoms with Gasteiger partial charge in [-0.05, 0) is 37.1 Å². The standard InChI is InChI=1S/C14H17N3O3/c1-18-10-4-2-9(3-5-10)13-16-14(20-17-13)12-7-6-11(8-15)19-12/h2-5,11-12H,6-8,15H2,1H3. The molecule has 2 atom stereocenters. The van der Waals surface area contributed by atoms with Crippen LogP contribution in [-0.4, -0.2) is 29.9 Å². The van der Waals surface area contributed by atoms with Crippen molar-refractivity contribution < 1.29 is 14.0 Å². The van der Waals surface area contributed by atoms with Crippen molar-refractivity contribution in [3.05, 3.63) is 30.2 Å². The third kappa shape index (κ3) is 2.52. The molecular weight excluding hydrogens is 258 g/mol. The molecule has 0 radical (unpaired) electrons. The normalized spacial score (nSPS) is 22.1. The molecule has 2 aromatic rings. The summed E-state index contributed by atoms with van der Waals surface area (Å²) >= 11 is 0. The fourth-order valence-corrected chi connectivity index (χ4v) is 2.28. The number of nitrogens with two attached hydrogens (primary N) is 1. The summed E-state index contributed by atoms with van der Waals surface area (Å²) in [6, 6.07) is 7.51. The molecule has 0 spiro atoms. The van der Waals surface area contributed by atoms with Crippen molar-refractivity contribution >= 4 is 0 Å². The van der Waals surface area contributed by atoms with Crippen molar-refractivity contribution in [3.63, 3.8) is 0 Å². The van der Waals surface area contributed by atoms with Crippen LogP contribution in [0.4, 0.5) is 0 Å². The minimum Gasteiger partial charge on any atom is -0.497 e. The molecule has 6 heteroatoms. The Balaban J connectivity index is 1.76. The van der Waals surface area contributed by atoms with Gasteiger partial charge in [-0.3, -0.25) is 0 Å². The Morgan fingerprint density at radius 2 is 2.10 bits per heavy atom. The van der Waals surface area contributed by atoms with Gasteiger partial charge in [0.25, 0.3) is 5.89 Å². The predicted octanol–water partition coefficient (Wildman–Crippen LogP) is 1.92. The molecule has 0 saturated carbocycles. The van der Waals surface area contributed by atoms with E-state index in [4.69, 9.17) is 19.7 Å². The zero-order valence-electron chi connectivity index (χ0n) is 11.3. The SMILES string of the molecule is COc1ccc(-c2noc(C3CCC(CN)O3)n2)cc1. The molecule has 1 aliphatic rings. The maximum atomic E-state index is 5.74. The number of benzene rings is 1. The largest absolute Gasteiger partial charge is 0.497 e. The Labute approximate surface area is 116 Å². The molecule has 3 rings (SSSR count). The van der Waals surface area contributed by atoms with Gasteiger partial charge in [0, 0.05) is 12.1 Å². The molecule has 1 aromatic heterocycles. The summed E-state index contributed by atoms with van der Waals surface area (Å²) in [6.07, 6.45) is 1.76. The van der Waals surface area contributed by atoms with E-state index in [1.807, 2.05) is 24.3 Å². The van der Waals surface area contributed by atoms with E-state index in [-0.39, 0.29) is 12.2 Å². The highest BCUT2D eigenvalue weighted by molar-refractivity contribution is 5.55. The van der Waals surface area contributed by atoms with Gasteiger partial charge in [0.15, 0.2) is 0 Å². The monoisotopic (exact) mass is 275 g/mol. The average Bonchev–Trinajstić information content (AvgIpc) is 3.16. The van der Waals surface area contributed by atoms with Gasteiger partial charge in [-0.2, -0.15) is 4.98 Å². The van der Waals surface area contributed by atoms with Crippen LogP contribution in [0, 0.1) is 0 Å². The summed E-state index contributed by atoms with van der Waals surface area (Å²) in [6.45, 7) is 0.524. The second kappa shape index (κ2) is 5.60. The zero-order valence-corrected chi connectivity index (χ0v) is 11.3. The second-order valence-electron chi connectivity index (χ2n) is 4.74. The number of rotatable bonds is 4. The van der Waals surface area contributed by atoms with Crippen LogP contribution in [0.1, 0.15) is 24.8 Å². The topological polar surface area (TPSA) is 83.4 Å². The summed E-state index contributed by atoms with van der Waals surface area (Å²) in [7, 11) is 1.63. The van der Waals surface area contributed by atoms with E-state index in [1.54, 1.807) is 7.11 Å². The summed E-state index contributed by atoms with van der Waals surface area (Å²) < 4.78 is 16.2. The highest BCUT2D eigenvalue weighted by Gasteiger charge is 2.29. The van der Waals surface area contributed by atoms with E-state index >= 15 is 0 Å². The lowest BCUT2D eigenvalue weighted by Gasteiger charge is -2.07. The third-order valence-corrected chi connectivity index (χ3v) is 3.44. The van der Waals surface area contributed by atoms with Crippen molar-refractivity contribution in [1.29, 1.82) is 0 Å². The fraction of sp³-hybridized carbons (Fsp3) is 0.429. The van der Waals surface area contributed by atoms with Gasteiger partial charge in [-0.15, -0.1) is 0 Å². The second-order valence-corrected chi connectivity index (χ2v) is 4.74. The Bertz CT molecular complexity index is 567.